The van der Waals surface area contributed by atoms with Crippen LogP contribution in [-0.4, -0.2) is 58.9 Å². The van der Waals surface area contributed by atoms with Gasteiger partial charge in [-0.05, 0) is 43.7 Å². The van der Waals surface area contributed by atoms with Crippen LogP contribution in [-0.2, 0) is 16.0 Å². The molecule has 2 N–H and O–H groups in total. The van der Waals surface area contributed by atoms with E-state index in [1.54, 1.807) is 11.0 Å². The van der Waals surface area contributed by atoms with Crippen molar-refractivity contribution in [1.29, 1.82) is 0 Å². The van der Waals surface area contributed by atoms with Gasteiger partial charge in [-0.3, -0.25) is 14.4 Å². The van der Waals surface area contributed by atoms with E-state index in [0.29, 0.717) is 39.0 Å². The van der Waals surface area contributed by atoms with Crippen LogP contribution in [0.5, 0.6) is 0 Å². The zero-order valence-corrected chi connectivity index (χ0v) is 18.5. The highest BCUT2D eigenvalue weighted by molar-refractivity contribution is 5.92. The molecule has 170 valence electrons. The largest absolute Gasteiger partial charge is 0.369 e. The molecule has 4 rings (SSSR count). The molecule has 1 atom stereocenters. The van der Waals surface area contributed by atoms with Crippen LogP contribution in [0.1, 0.15) is 59.0 Å². The van der Waals surface area contributed by atoms with Crippen molar-refractivity contribution in [3.63, 3.8) is 0 Å². The zero-order chi connectivity index (χ0) is 22.7. The number of nitrogens with zero attached hydrogens (tertiary/aromatic N) is 3. The average Bonchev–Trinajstić information content (AvgIpc) is 3.30. The molecule has 0 bridgehead atoms. The van der Waals surface area contributed by atoms with Gasteiger partial charge in [0.1, 0.15) is 0 Å². The Labute approximate surface area is 187 Å². The molecule has 2 aliphatic rings. The monoisotopic (exact) mass is 438 g/mol. The van der Waals surface area contributed by atoms with Crippen LogP contribution < -0.4 is 5.73 Å². The Hall–Kier alpha value is -3.16. The van der Waals surface area contributed by atoms with Gasteiger partial charge in [0, 0.05) is 38.2 Å². The lowest BCUT2D eigenvalue weighted by Gasteiger charge is -2.31. The number of aromatic nitrogens is 1. The molecule has 0 aliphatic carbocycles. The van der Waals surface area contributed by atoms with Crippen molar-refractivity contribution in [2.45, 2.75) is 44.9 Å². The number of hydrogen-bond acceptors (Lipinski definition) is 5. The van der Waals surface area contributed by atoms with Crippen molar-refractivity contribution in [2.75, 3.05) is 26.2 Å². The maximum absolute atomic E-state index is 12.8. The first-order chi connectivity index (χ1) is 15.4. The lowest BCUT2D eigenvalue weighted by Crippen LogP contribution is -2.44. The molecule has 1 aromatic heterocycles. The van der Waals surface area contributed by atoms with E-state index in [4.69, 9.17) is 10.3 Å². The van der Waals surface area contributed by atoms with E-state index in [1.165, 1.54) is 0 Å². The van der Waals surface area contributed by atoms with E-state index >= 15 is 0 Å². The lowest BCUT2D eigenvalue weighted by atomic mass is 9.92. The summed E-state index contributed by atoms with van der Waals surface area (Å²) in [4.78, 5) is 40.5. The topological polar surface area (TPSA) is 110 Å². The summed E-state index contributed by atoms with van der Waals surface area (Å²) in [6.07, 6.45) is 3.44. The number of carbonyl (C=O) groups is 3. The molecule has 2 aliphatic heterocycles. The molecule has 2 saturated heterocycles. The zero-order valence-electron chi connectivity index (χ0n) is 18.5. The number of amides is 3. The highest BCUT2D eigenvalue weighted by atomic mass is 16.5. The summed E-state index contributed by atoms with van der Waals surface area (Å²) in [6.45, 7) is 4.26. The van der Waals surface area contributed by atoms with Crippen molar-refractivity contribution >= 4 is 17.7 Å². The van der Waals surface area contributed by atoms with Gasteiger partial charge in [-0.15, -0.1) is 0 Å². The number of rotatable bonds is 5. The van der Waals surface area contributed by atoms with Gasteiger partial charge in [0.25, 0.3) is 5.91 Å². The molecular formula is C24H30N4O4. The summed E-state index contributed by atoms with van der Waals surface area (Å²) in [6, 6.07) is 9.68. The predicted molar refractivity (Wildman–Crippen MR) is 118 cm³/mol. The molecule has 1 aromatic carbocycles. The van der Waals surface area contributed by atoms with E-state index in [1.807, 2.05) is 36.1 Å². The number of likely N-dealkylation sites (tertiary alicyclic amines) is 2. The van der Waals surface area contributed by atoms with E-state index in [9.17, 15) is 14.4 Å². The average molecular weight is 439 g/mol. The van der Waals surface area contributed by atoms with Gasteiger partial charge < -0.3 is 20.1 Å². The first-order valence-corrected chi connectivity index (χ1v) is 11.3. The highest BCUT2D eigenvalue weighted by Crippen LogP contribution is 2.29. The Morgan fingerprint density at radius 3 is 2.56 bits per heavy atom. The van der Waals surface area contributed by atoms with Gasteiger partial charge in [-0.25, -0.2) is 0 Å². The number of nitrogens with two attached hydrogens (primary N) is 1. The van der Waals surface area contributed by atoms with Crippen LogP contribution in [0, 0.1) is 12.8 Å². The summed E-state index contributed by atoms with van der Waals surface area (Å²) < 4.78 is 5.36. The predicted octanol–water partition coefficient (Wildman–Crippen LogP) is 2.27. The third-order valence-electron chi connectivity index (χ3n) is 6.72. The molecule has 32 heavy (non-hydrogen) atoms. The fourth-order valence-electron chi connectivity index (χ4n) is 4.64. The third kappa shape index (κ3) is 4.84. The number of piperidine rings is 2. The van der Waals surface area contributed by atoms with Gasteiger partial charge in [-0.2, -0.15) is 0 Å². The van der Waals surface area contributed by atoms with Gasteiger partial charge in [0.05, 0.1) is 18.0 Å². The standard InChI is InChI=1S/C24H30N4O4/c1-16-5-2-3-6-18(16)13-22(29)27-11-8-17(9-12-27)20-14-21(32-26-20)24(31)28-10-4-7-19(15-28)23(25)30/h2-3,5-6,14,17,19H,4,7-13,15H2,1H3,(H2,25,30)/t19-/m0/s1. The fraction of sp³-hybridized carbons (Fsp3) is 0.500. The SMILES string of the molecule is Cc1ccccc1CC(=O)N1CCC(c2cc(C(=O)N3CCC[C@H](C(N)=O)C3)on2)CC1. The summed E-state index contributed by atoms with van der Waals surface area (Å²) in [5, 5.41) is 4.14. The second-order valence-electron chi connectivity index (χ2n) is 8.87. The molecule has 0 saturated carbocycles. The number of aryl methyl sites for hydroxylation is 1. The normalized spacial score (nSPS) is 19.7. The second-order valence-corrected chi connectivity index (χ2v) is 8.87. The summed E-state index contributed by atoms with van der Waals surface area (Å²) >= 11 is 0. The smallest absolute Gasteiger partial charge is 0.292 e. The van der Waals surface area contributed by atoms with Crippen molar-refractivity contribution in [2.24, 2.45) is 11.7 Å². The Balaban J connectivity index is 1.32. The van der Waals surface area contributed by atoms with Gasteiger partial charge in [0.2, 0.25) is 17.6 Å². The van der Waals surface area contributed by atoms with Gasteiger partial charge >= 0.3 is 0 Å². The maximum atomic E-state index is 12.8. The Morgan fingerprint density at radius 2 is 1.84 bits per heavy atom. The fourth-order valence-corrected chi connectivity index (χ4v) is 4.64. The quantitative estimate of drug-likeness (QED) is 0.770. The minimum Gasteiger partial charge on any atom is -0.369 e. The lowest BCUT2D eigenvalue weighted by molar-refractivity contribution is -0.131. The summed E-state index contributed by atoms with van der Waals surface area (Å²) in [5.41, 5.74) is 8.36. The summed E-state index contributed by atoms with van der Waals surface area (Å²) in [7, 11) is 0. The minimum atomic E-state index is -0.371. The van der Waals surface area contributed by atoms with Gasteiger partial charge in [0.15, 0.2) is 0 Å². The third-order valence-corrected chi connectivity index (χ3v) is 6.72. The minimum absolute atomic E-state index is 0.142. The van der Waals surface area contributed by atoms with Crippen LogP contribution >= 0.6 is 0 Å². The maximum Gasteiger partial charge on any atom is 0.292 e. The Kier molecular flexibility index (Phi) is 6.58. The molecule has 3 heterocycles. The molecule has 0 spiro atoms. The molecule has 8 nitrogen and oxygen atoms in total. The number of hydrogen-bond donors (Lipinski definition) is 1. The Morgan fingerprint density at radius 1 is 1.09 bits per heavy atom. The molecule has 3 amide bonds. The van der Waals surface area contributed by atoms with E-state index < -0.39 is 0 Å². The van der Waals surface area contributed by atoms with Crippen LogP contribution in [0.4, 0.5) is 0 Å². The van der Waals surface area contributed by atoms with E-state index in [-0.39, 0.29) is 35.3 Å². The number of carbonyl (C=O) groups excluding carboxylic acids is 3. The first kappa shape index (κ1) is 22.0. The van der Waals surface area contributed by atoms with Crippen molar-refractivity contribution in [3.05, 3.63) is 52.9 Å². The van der Waals surface area contributed by atoms with Crippen molar-refractivity contribution < 1.29 is 18.9 Å². The van der Waals surface area contributed by atoms with Crippen LogP contribution in [0.2, 0.25) is 0 Å². The molecule has 2 fully saturated rings. The molecule has 2 aromatic rings. The molecular weight excluding hydrogens is 408 g/mol. The second kappa shape index (κ2) is 9.54. The summed E-state index contributed by atoms with van der Waals surface area (Å²) in [5.74, 6) is -0.435. The van der Waals surface area contributed by atoms with Crippen molar-refractivity contribution in [3.8, 4) is 0 Å². The Bertz CT molecular complexity index is 993. The van der Waals surface area contributed by atoms with Crippen LogP contribution in [0.25, 0.3) is 0 Å². The van der Waals surface area contributed by atoms with Gasteiger partial charge in [-0.1, -0.05) is 29.4 Å². The molecule has 8 heteroatoms. The van der Waals surface area contributed by atoms with Crippen molar-refractivity contribution in [1.82, 2.24) is 15.0 Å². The molecule has 0 radical (unpaired) electrons. The highest BCUT2D eigenvalue weighted by Gasteiger charge is 2.31. The van der Waals surface area contributed by atoms with E-state index in [0.717, 1.165) is 36.1 Å². The van der Waals surface area contributed by atoms with Crippen LogP contribution in [0.3, 0.4) is 0 Å². The number of benzene rings is 1. The first-order valence-electron chi connectivity index (χ1n) is 11.3. The number of primary amides is 1. The van der Waals surface area contributed by atoms with E-state index in [2.05, 4.69) is 5.16 Å². The van der Waals surface area contributed by atoms with Crippen LogP contribution in [0.15, 0.2) is 34.9 Å². The molecule has 0 unspecified atom stereocenters.